The van der Waals surface area contributed by atoms with E-state index in [-0.39, 0.29) is 5.66 Å². The van der Waals surface area contributed by atoms with Crippen molar-refractivity contribution in [2.24, 2.45) is 5.73 Å². The zero-order valence-corrected chi connectivity index (χ0v) is 4.57. The van der Waals surface area contributed by atoms with Gasteiger partial charge in [-0.1, -0.05) is 0 Å². The SMILES string of the molecule is NC1=CC2(CC1)NN2. The minimum absolute atomic E-state index is 0.129. The second-order valence-electron chi connectivity index (χ2n) is 2.44. The van der Waals surface area contributed by atoms with Gasteiger partial charge < -0.3 is 5.73 Å². The molecule has 0 unspecified atom stereocenters. The molecule has 0 aromatic rings. The molecule has 8 heavy (non-hydrogen) atoms. The lowest BCUT2D eigenvalue weighted by Crippen LogP contribution is -2.07. The molecular weight excluding hydrogens is 102 g/mol. The Morgan fingerprint density at radius 1 is 1.62 bits per heavy atom. The number of nitrogens with two attached hydrogens (primary N) is 1. The molecular formula is C5H9N3. The van der Waals surface area contributed by atoms with E-state index in [1.807, 2.05) is 6.08 Å². The van der Waals surface area contributed by atoms with Crippen LogP contribution in [0, 0.1) is 0 Å². The smallest absolute Gasteiger partial charge is 0.115 e. The second-order valence-corrected chi connectivity index (χ2v) is 2.44. The van der Waals surface area contributed by atoms with Crippen LogP contribution in [-0.2, 0) is 0 Å². The monoisotopic (exact) mass is 111 g/mol. The Bertz CT molecular complexity index is 146. The standard InChI is InChI=1S/C5H9N3/c6-4-1-2-5(3-4)7-8-5/h3,7-8H,1-2,6H2. The van der Waals surface area contributed by atoms with Crippen LogP contribution in [0.5, 0.6) is 0 Å². The Morgan fingerprint density at radius 3 is 2.62 bits per heavy atom. The first kappa shape index (κ1) is 4.35. The van der Waals surface area contributed by atoms with Crippen molar-refractivity contribution in [1.29, 1.82) is 0 Å². The van der Waals surface area contributed by atoms with Gasteiger partial charge in [0, 0.05) is 5.70 Å². The fourth-order valence-electron chi connectivity index (χ4n) is 1.08. The van der Waals surface area contributed by atoms with E-state index in [9.17, 15) is 0 Å². The van der Waals surface area contributed by atoms with Crippen molar-refractivity contribution in [3.05, 3.63) is 11.8 Å². The van der Waals surface area contributed by atoms with Gasteiger partial charge in [-0.3, -0.25) is 0 Å². The Hall–Kier alpha value is -0.540. The molecule has 3 heteroatoms. The summed E-state index contributed by atoms with van der Waals surface area (Å²) in [5.74, 6) is 0. The lowest BCUT2D eigenvalue weighted by molar-refractivity contribution is 0.714. The molecule has 44 valence electrons. The molecule has 0 aromatic heterocycles. The van der Waals surface area contributed by atoms with Crippen molar-refractivity contribution in [1.82, 2.24) is 10.9 Å². The number of rotatable bonds is 0. The minimum atomic E-state index is 0.129. The van der Waals surface area contributed by atoms with Gasteiger partial charge in [-0.15, -0.1) is 0 Å². The molecule has 0 radical (unpaired) electrons. The Morgan fingerprint density at radius 2 is 2.38 bits per heavy atom. The highest BCUT2D eigenvalue weighted by Crippen LogP contribution is 2.28. The summed E-state index contributed by atoms with van der Waals surface area (Å²) in [4.78, 5) is 0. The number of allylic oxidation sites excluding steroid dienone is 1. The molecule has 0 saturated carbocycles. The average Bonchev–Trinajstić information content (AvgIpc) is 2.34. The molecule has 4 N–H and O–H groups in total. The van der Waals surface area contributed by atoms with Crippen LogP contribution in [0.25, 0.3) is 0 Å². The molecule has 1 heterocycles. The first-order valence-electron chi connectivity index (χ1n) is 2.82. The molecule has 2 aliphatic rings. The lowest BCUT2D eigenvalue weighted by atomic mass is 10.2. The van der Waals surface area contributed by atoms with E-state index >= 15 is 0 Å². The third-order valence-electron chi connectivity index (χ3n) is 1.69. The van der Waals surface area contributed by atoms with E-state index < -0.39 is 0 Å². The Balaban J connectivity index is 2.22. The summed E-state index contributed by atoms with van der Waals surface area (Å²) in [5, 5.41) is 0. The maximum Gasteiger partial charge on any atom is 0.115 e. The molecule has 0 atom stereocenters. The van der Waals surface area contributed by atoms with Crippen LogP contribution in [0.3, 0.4) is 0 Å². The molecule has 1 aliphatic carbocycles. The van der Waals surface area contributed by atoms with Gasteiger partial charge in [0.25, 0.3) is 0 Å². The molecule has 0 bridgehead atoms. The topological polar surface area (TPSA) is 69.9 Å². The van der Waals surface area contributed by atoms with Crippen molar-refractivity contribution in [3.8, 4) is 0 Å². The maximum atomic E-state index is 5.53. The molecule has 1 fully saturated rings. The summed E-state index contributed by atoms with van der Waals surface area (Å²) >= 11 is 0. The van der Waals surface area contributed by atoms with E-state index in [0.717, 1.165) is 18.5 Å². The number of hydrogen-bond donors (Lipinski definition) is 3. The Labute approximate surface area is 47.9 Å². The third-order valence-corrected chi connectivity index (χ3v) is 1.69. The quantitative estimate of drug-likeness (QED) is 0.366. The van der Waals surface area contributed by atoms with Crippen LogP contribution in [-0.4, -0.2) is 5.66 Å². The van der Waals surface area contributed by atoms with Gasteiger partial charge in [0.05, 0.1) is 0 Å². The van der Waals surface area contributed by atoms with Crippen molar-refractivity contribution in [2.45, 2.75) is 18.5 Å². The highest BCUT2D eigenvalue weighted by molar-refractivity contribution is 5.22. The van der Waals surface area contributed by atoms with Crippen LogP contribution < -0.4 is 16.6 Å². The largest absolute Gasteiger partial charge is 0.402 e. The van der Waals surface area contributed by atoms with E-state index in [1.54, 1.807) is 0 Å². The van der Waals surface area contributed by atoms with Gasteiger partial charge in [0.2, 0.25) is 0 Å². The summed E-state index contributed by atoms with van der Waals surface area (Å²) in [6, 6.07) is 0. The predicted molar refractivity (Wildman–Crippen MR) is 30.5 cm³/mol. The van der Waals surface area contributed by atoms with Crippen LogP contribution in [0.4, 0.5) is 0 Å². The lowest BCUT2D eigenvalue weighted by Gasteiger charge is -1.90. The van der Waals surface area contributed by atoms with Crippen molar-refractivity contribution >= 4 is 0 Å². The molecule has 1 aliphatic heterocycles. The first-order valence-corrected chi connectivity index (χ1v) is 2.82. The van der Waals surface area contributed by atoms with E-state index in [4.69, 9.17) is 5.73 Å². The van der Waals surface area contributed by atoms with Gasteiger partial charge in [0.15, 0.2) is 0 Å². The minimum Gasteiger partial charge on any atom is -0.402 e. The molecule has 0 amide bonds. The fraction of sp³-hybridized carbons (Fsp3) is 0.600. The average molecular weight is 111 g/mol. The number of hydrazine groups is 1. The fourth-order valence-corrected chi connectivity index (χ4v) is 1.08. The van der Waals surface area contributed by atoms with Crippen LogP contribution in [0.1, 0.15) is 12.8 Å². The van der Waals surface area contributed by atoms with Gasteiger partial charge >= 0.3 is 0 Å². The van der Waals surface area contributed by atoms with Gasteiger partial charge in [-0.05, 0) is 18.9 Å². The predicted octanol–water partition coefficient (Wildman–Crippen LogP) is -0.573. The van der Waals surface area contributed by atoms with Crippen molar-refractivity contribution in [2.75, 3.05) is 0 Å². The van der Waals surface area contributed by atoms with Gasteiger partial charge in [-0.25, -0.2) is 10.9 Å². The zero-order valence-electron chi connectivity index (χ0n) is 4.57. The van der Waals surface area contributed by atoms with Gasteiger partial charge in [-0.2, -0.15) is 0 Å². The summed E-state index contributed by atoms with van der Waals surface area (Å²) in [5.41, 5.74) is 12.7. The molecule has 1 saturated heterocycles. The summed E-state index contributed by atoms with van der Waals surface area (Å²) < 4.78 is 0. The van der Waals surface area contributed by atoms with Crippen LogP contribution in [0.15, 0.2) is 11.8 Å². The molecule has 0 aromatic carbocycles. The zero-order chi connectivity index (χ0) is 5.61. The molecule has 2 rings (SSSR count). The van der Waals surface area contributed by atoms with Crippen LogP contribution >= 0.6 is 0 Å². The maximum absolute atomic E-state index is 5.53. The normalized spacial score (nSPS) is 30.8. The van der Waals surface area contributed by atoms with E-state index in [0.29, 0.717) is 0 Å². The highest BCUT2D eigenvalue weighted by Gasteiger charge is 2.42. The number of hydrogen-bond acceptors (Lipinski definition) is 3. The number of nitrogens with one attached hydrogen (secondary N) is 2. The highest BCUT2D eigenvalue weighted by atomic mass is 15.7. The molecule has 3 nitrogen and oxygen atoms in total. The van der Waals surface area contributed by atoms with Gasteiger partial charge in [0.1, 0.15) is 5.66 Å². The summed E-state index contributed by atoms with van der Waals surface area (Å²) in [6.07, 6.45) is 4.19. The van der Waals surface area contributed by atoms with Crippen molar-refractivity contribution in [3.63, 3.8) is 0 Å². The van der Waals surface area contributed by atoms with Crippen LogP contribution in [0.2, 0.25) is 0 Å². The second kappa shape index (κ2) is 1.06. The van der Waals surface area contributed by atoms with Crippen molar-refractivity contribution < 1.29 is 0 Å². The van der Waals surface area contributed by atoms with E-state index in [1.165, 1.54) is 0 Å². The third kappa shape index (κ3) is 0.454. The summed E-state index contributed by atoms with van der Waals surface area (Å²) in [6.45, 7) is 0. The molecule has 1 spiro atoms. The first-order chi connectivity index (χ1) is 3.81. The summed E-state index contributed by atoms with van der Waals surface area (Å²) in [7, 11) is 0. The van der Waals surface area contributed by atoms with E-state index in [2.05, 4.69) is 10.9 Å². The Kier molecular flexibility index (Phi) is 0.578.